The van der Waals surface area contributed by atoms with Crippen LogP contribution in [0.3, 0.4) is 0 Å². The van der Waals surface area contributed by atoms with Gasteiger partial charge in [0.05, 0.1) is 11.1 Å². The highest BCUT2D eigenvalue weighted by molar-refractivity contribution is 7.18. The predicted molar refractivity (Wildman–Crippen MR) is 127 cm³/mol. The number of nitrogens with zero attached hydrogens (tertiary/aromatic N) is 4. The van der Waals surface area contributed by atoms with Crippen LogP contribution in [0.1, 0.15) is 30.2 Å². The second-order valence-electron chi connectivity index (χ2n) is 8.40. The van der Waals surface area contributed by atoms with Crippen LogP contribution in [-0.4, -0.2) is 51.7 Å². The molecule has 8 heteroatoms. The van der Waals surface area contributed by atoms with E-state index >= 15 is 0 Å². The summed E-state index contributed by atoms with van der Waals surface area (Å²) in [6, 6.07) is 6.95. The average molecular weight is 459 g/mol. The van der Waals surface area contributed by atoms with Crippen molar-refractivity contribution in [3.05, 3.63) is 60.6 Å². The molecule has 1 fully saturated rings. The molecule has 2 aromatic heterocycles. The molecule has 0 amide bonds. The largest absolute Gasteiger partial charge is 0.336 e. The Bertz CT molecular complexity index is 1220. The van der Waals surface area contributed by atoms with Crippen LogP contribution in [0.15, 0.2) is 33.9 Å². The van der Waals surface area contributed by atoms with Gasteiger partial charge in [-0.3, -0.25) is 14.3 Å². The van der Waals surface area contributed by atoms with Gasteiger partial charge in [-0.15, -0.1) is 11.3 Å². The number of hydrogen-bond donors (Lipinski definition) is 0. The van der Waals surface area contributed by atoms with E-state index in [1.807, 2.05) is 4.57 Å². The van der Waals surface area contributed by atoms with Gasteiger partial charge >= 0.3 is 5.69 Å². The number of thiophene rings is 1. The molecule has 2 aliphatic heterocycles. The number of aromatic nitrogens is 2. The summed E-state index contributed by atoms with van der Waals surface area (Å²) >= 11 is 7.68. The monoisotopic (exact) mass is 458 g/mol. The molecule has 0 unspecified atom stereocenters. The number of likely N-dealkylation sites (N-methyl/N-ethyl adjacent to an activating group) is 1. The lowest BCUT2D eigenvalue weighted by Gasteiger charge is -2.24. The van der Waals surface area contributed by atoms with Crippen molar-refractivity contribution >= 4 is 33.2 Å². The summed E-state index contributed by atoms with van der Waals surface area (Å²) in [6.45, 7) is 8.55. The lowest BCUT2D eigenvalue weighted by molar-refractivity contribution is 0.272. The van der Waals surface area contributed by atoms with Crippen LogP contribution in [0.5, 0.6) is 0 Å². The maximum atomic E-state index is 13.6. The Morgan fingerprint density at radius 2 is 1.74 bits per heavy atom. The molecule has 5 rings (SSSR count). The van der Waals surface area contributed by atoms with Gasteiger partial charge in [-0.05, 0) is 68.7 Å². The molecule has 31 heavy (non-hydrogen) atoms. The van der Waals surface area contributed by atoms with Gasteiger partial charge in [0.2, 0.25) is 0 Å². The van der Waals surface area contributed by atoms with Gasteiger partial charge in [0.15, 0.2) is 0 Å². The van der Waals surface area contributed by atoms with Gasteiger partial charge in [0.25, 0.3) is 5.56 Å². The molecule has 0 atom stereocenters. The average Bonchev–Trinajstić information content (AvgIpc) is 3.42. The zero-order chi connectivity index (χ0) is 21.5. The van der Waals surface area contributed by atoms with Crippen LogP contribution in [0.25, 0.3) is 15.9 Å². The third kappa shape index (κ3) is 3.78. The van der Waals surface area contributed by atoms with Crippen molar-refractivity contribution in [2.24, 2.45) is 0 Å². The Labute approximate surface area is 190 Å². The Balaban J connectivity index is 1.70. The molecule has 0 radical (unpaired) electrons. The van der Waals surface area contributed by atoms with Crippen LogP contribution in [-0.2, 0) is 19.5 Å². The van der Waals surface area contributed by atoms with Crippen LogP contribution in [0.4, 0.5) is 0 Å². The SMILES string of the molecule is CCN1CCc2c(sc3c2c(=O)n(-c2ccc(Cl)cc2)c(=O)n3CCN2CCCC2)C1. The van der Waals surface area contributed by atoms with Gasteiger partial charge in [0.1, 0.15) is 4.83 Å². The molecule has 6 nitrogen and oxygen atoms in total. The maximum Gasteiger partial charge on any atom is 0.336 e. The number of likely N-dealkylation sites (tertiary alicyclic amines) is 1. The van der Waals surface area contributed by atoms with Crippen molar-refractivity contribution in [2.75, 3.05) is 32.7 Å². The van der Waals surface area contributed by atoms with Crippen LogP contribution >= 0.6 is 22.9 Å². The fourth-order valence-electron chi connectivity index (χ4n) is 4.79. The van der Waals surface area contributed by atoms with E-state index in [9.17, 15) is 9.59 Å². The quantitative estimate of drug-likeness (QED) is 0.588. The molecule has 3 aromatic rings. The summed E-state index contributed by atoms with van der Waals surface area (Å²) in [5, 5.41) is 1.31. The second-order valence-corrected chi connectivity index (χ2v) is 9.92. The van der Waals surface area contributed by atoms with E-state index in [4.69, 9.17) is 11.6 Å². The lowest BCUT2D eigenvalue weighted by Crippen LogP contribution is -2.40. The molecule has 1 saturated heterocycles. The molecule has 0 saturated carbocycles. The van der Waals surface area contributed by atoms with E-state index in [-0.39, 0.29) is 11.2 Å². The Morgan fingerprint density at radius 3 is 2.45 bits per heavy atom. The van der Waals surface area contributed by atoms with E-state index in [0.717, 1.165) is 61.5 Å². The second kappa shape index (κ2) is 8.54. The Kier molecular flexibility index (Phi) is 5.77. The van der Waals surface area contributed by atoms with E-state index in [2.05, 4.69) is 16.7 Å². The third-order valence-corrected chi connectivity index (χ3v) is 8.06. The van der Waals surface area contributed by atoms with Crippen molar-refractivity contribution in [1.29, 1.82) is 0 Å². The minimum atomic E-state index is -0.259. The number of fused-ring (bicyclic) bond motifs is 3. The van der Waals surface area contributed by atoms with Crippen molar-refractivity contribution < 1.29 is 0 Å². The first-order valence-corrected chi connectivity index (χ1v) is 12.3. The van der Waals surface area contributed by atoms with Gasteiger partial charge in [-0.1, -0.05) is 18.5 Å². The van der Waals surface area contributed by atoms with Gasteiger partial charge in [0, 0.05) is 36.1 Å². The first-order chi connectivity index (χ1) is 15.1. The lowest BCUT2D eigenvalue weighted by atomic mass is 10.1. The molecule has 0 aliphatic carbocycles. The van der Waals surface area contributed by atoms with Crippen LogP contribution in [0.2, 0.25) is 5.02 Å². The first kappa shape index (κ1) is 20.9. The van der Waals surface area contributed by atoms with Crippen molar-refractivity contribution in [3.63, 3.8) is 0 Å². The summed E-state index contributed by atoms with van der Waals surface area (Å²) in [5.74, 6) is 0. The summed E-state index contributed by atoms with van der Waals surface area (Å²) < 4.78 is 3.17. The van der Waals surface area contributed by atoms with Crippen LogP contribution in [0, 0.1) is 0 Å². The number of halogens is 1. The van der Waals surface area contributed by atoms with Crippen molar-refractivity contribution in [2.45, 2.75) is 39.3 Å². The minimum absolute atomic E-state index is 0.206. The summed E-state index contributed by atoms with van der Waals surface area (Å²) in [4.78, 5) is 34.1. The molecular weight excluding hydrogens is 432 g/mol. The van der Waals surface area contributed by atoms with Gasteiger partial charge in [-0.25, -0.2) is 9.36 Å². The standard InChI is InChI=1S/C23H27ClN4O2S/c1-2-25-12-9-18-19(15-25)31-22-20(18)21(29)28(17-7-5-16(24)6-8-17)23(30)27(22)14-13-26-10-3-4-11-26/h5-8H,2-4,9-15H2,1H3. The molecular formula is C23H27ClN4O2S. The molecule has 0 N–H and O–H groups in total. The summed E-state index contributed by atoms with van der Waals surface area (Å²) in [5.41, 5.74) is 1.24. The zero-order valence-corrected chi connectivity index (χ0v) is 19.3. The maximum absolute atomic E-state index is 13.6. The normalized spacial score (nSPS) is 17.5. The van der Waals surface area contributed by atoms with Gasteiger partial charge < -0.3 is 4.90 Å². The highest BCUT2D eigenvalue weighted by Crippen LogP contribution is 2.33. The smallest absolute Gasteiger partial charge is 0.302 e. The third-order valence-electron chi connectivity index (χ3n) is 6.57. The number of benzene rings is 1. The Morgan fingerprint density at radius 1 is 1.00 bits per heavy atom. The highest BCUT2D eigenvalue weighted by atomic mass is 35.5. The Hall–Kier alpha value is -1.93. The van der Waals surface area contributed by atoms with E-state index in [1.165, 1.54) is 22.3 Å². The molecule has 4 heterocycles. The van der Waals surface area contributed by atoms with Crippen molar-refractivity contribution in [3.8, 4) is 5.69 Å². The van der Waals surface area contributed by atoms with Crippen LogP contribution < -0.4 is 11.2 Å². The van der Waals surface area contributed by atoms with E-state index in [1.54, 1.807) is 35.6 Å². The predicted octanol–water partition coefficient (Wildman–Crippen LogP) is 3.34. The fourth-order valence-corrected chi connectivity index (χ4v) is 6.32. The molecule has 0 spiro atoms. The summed E-state index contributed by atoms with van der Waals surface area (Å²) in [7, 11) is 0. The molecule has 2 aliphatic rings. The van der Waals surface area contributed by atoms with E-state index in [0.29, 0.717) is 17.3 Å². The first-order valence-electron chi connectivity index (χ1n) is 11.1. The van der Waals surface area contributed by atoms with Crippen molar-refractivity contribution in [1.82, 2.24) is 18.9 Å². The molecule has 0 bridgehead atoms. The minimum Gasteiger partial charge on any atom is -0.302 e. The summed E-state index contributed by atoms with van der Waals surface area (Å²) in [6.07, 6.45) is 3.28. The zero-order valence-electron chi connectivity index (χ0n) is 17.8. The fraction of sp³-hybridized carbons (Fsp3) is 0.478. The van der Waals surface area contributed by atoms with E-state index < -0.39 is 0 Å². The molecule has 164 valence electrons. The molecule has 1 aromatic carbocycles. The van der Waals surface area contributed by atoms with Gasteiger partial charge in [-0.2, -0.15) is 0 Å². The topological polar surface area (TPSA) is 50.5 Å². The number of hydrogen-bond acceptors (Lipinski definition) is 5. The number of rotatable bonds is 5. The highest BCUT2D eigenvalue weighted by Gasteiger charge is 2.26.